The van der Waals surface area contributed by atoms with Crippen molar-refractivity contribution in [1.82, 2.24) is 4.98 Å². The molecule has 1 aromatic heterocycles. The molecule has 0 fully saturated rings. The van der Waals surface area contributed by atoms with Gasteiger partial charge in [0.05, 0.1) is 7.11 Å². The van der Waals surface area contributed by atoms with E-state index in [1.807, 2.05) is 42.6 Å². The number of ether oxygens (including phenoxy) is 1. The van der Waals surface area contributed by atoms with E-state index >= 15 is 0 Å². The van der Waals surface area contributed by atoms with E-state index in [0.717, 1.165) is 34.2 Å². The van der Waals surface area contributed by atoms with Gasteiger partial charge < -0.3 is 10.5 Å². The molecule has 0 spiro atoms. The fourth-order valence-corrected chi connectivity index (χ4v) is 2.54. The van der Waals surface area contributed by atoms with Gasteiger partial charge in [-0.2, -0.15) is 0 Å². The zero-order valence-corrected chi connectivity index (χ0v) is 11.1. The van der Waals surface area contributed by atoms with Crippen molar-refractivity contribution in [2.75, 3.05) is 18.6 Å². The molecule has 0 bridgehead atoms. The Morgan fingerprint density at radius 1 is 1.28 bits per heavy atom. The van der Waals surface area contributed by atoms with Crippen LogP contribution in [0.3, 0.4) is 0 Å². The number of rotatable bonds is 5. The van der Waals surface area contributed by atoms with E-state index in [9.17, 15) is 0 Å². The maximum Gasteiger partial charge on any atom is 0.120 e. The molecule has 3 nitrogen and oxygen atoms in total. The predicted molar refractivity (Wildman–Crippen MR) is 76.1 cm³/mol. The average molecular weight is 260 g/mol. The molecule has 2 aromatic rings. The summed E-state index contributed by atoms with van der Waals surface area (Å²) in [6.07, 6.45) is 2.75. The second kappa shape index (κ2) is 6.31. The Balaban J connectivity index is 1.94. The van der Waals surface area contributed by atoms with Gasteiger partial charge in [-0.1, -0.05) is 6.07 Å². The first kappa shape index (κ1) is 12.8. The van der Waals surface area contributed by atoms with E-state index in [4.69, 9.17) is 10.5 Å². The fraction of sp³-hybridized carbons (Fsp3) is 0.214. The summed E-state index contributed by atoms with van der Waals surface area (Å²) in [5, 5.41) is 0. The Bertz CT molecular complexity index is 502. The molecule has 0 saturated heterocycles. The summed E-state index contributed by atoms with van der Waals surface area (Å²) in [7, 11) is 1.66. The van der Waals surface area contributed by atoms with Crippen molar-refractivity contribution in [2.24, 2.45) is 0 Å². The number of aromatic nitrogens is 1. The molecule has 0 saturated carbocycles. The number of thioether (sulfide) groups is 1. The van der Waals surface area contributed by atoms with E-state index < -0.39 is 0 Å². The number of nitrogens with zero attached hydrogens (tertiary/aromatic N) is 1. The highest BCUT2D eigenvalue weighted by Crippen LogP contribution is 2.29. The van der Waals surface area contributed by atoms with Crippen molar-refractivity contribution in [3.05, 3.63) is 48.3 Å². The second-order valence-electron chi connectivity index (χ2n) is 3.82. The van der Waals surface area contributed by atoms with Crippen LogP contribution in [-0.2, 0) is 6.42 Å². The van der Waals surface area contributed by atoms with Crippen LogP contribution in [0.25, 0.3) is 0 Å². The number of methoxy groups -OCH3 is 1. The molecule has 2 rings (SSSR count). The number of pyridine rings is 1. The number of hydrogen-bond donors (Lipinski definition) is 1. The monoisotopic (exact) mass is 260 g/mol. The van der Waals surface area contributed by atoms with Gasteiger partial charge in [-0.3, -0.25) is 4.98 Å². The third-order valence-corrected chi connectivity index (χ3v) is 3.64. The Hall–Kier alpha value is -1.68. The van der Waals surface area contributed by atoms with Crippen molar-refractivity contribution >= 4 is 17.4 Å². The molecule has 0 radical (unpaired) electrons. The molecule has 18 heavy (non-hydrogen) atoms. The number of nitrogens with two attached hydrogens (primary N) is 1. The van der Waals surface area contributed by atoms with Crippen LogP contribution in [0.2, 0.25) is 0 Å². The Morgan fingerprint density at radius 2 is 2.17 bits per heavy atom. The first-order valence-electron chi connectivity index (χ1n) is 5.76. The smallest absolute Gasteiger partial charge is 0.120 e. The number of hydrogen-bond acceptors (Lipinski definition) is 4. The minimum absolute atomic E-state index is 0.793. The topological polar surface area (TPSA) is 48.1 Å². The normalized spacial score (nSPS) is 10.3. The molecule has 2 N–H and O–H groups in total. The summed E-state index contributed by atoms with van der Waals surface area (Å²) in [4.78, 5) is 5.36. The van der Waals surface area contributed by atoms with Crippen LogP contribution in [0.4, 0.5) is 5.69 Å². The molecule has 0 atom stereocenters. The lowest BCUT2D eigenvalue weighted by Crippen LogP contribution is -1.94. The summed E-state index contributed by atoms with van der Waals surface area (Å²) in [5.74, 6) is 1.79. The highest BCUT2D eigenvalue weighted by atomic mass is 32.2. The average Bonchev–Trinajstić information content (AvgIpc) is 2.42. The van der Waals surface area contributed by atoms with Crippen LogP contribution in [0.1, 0.15) is 5.69 Å². The van der Waals surface area contributed by atoms with E-state index in [2.05, 4.69) is 4.98 Å². The molecule has 0 amide bonds. The number of benzene rings is 1. The molecular formula is C14H16N2OS. The van der Waals surface area contributed by atoms with Crippen molar-refractivity contribution < 1.29 is 4.74 Å². The first-order chi connectivity index (χ1) is 8.79. The number of anilines is 1. The van der Waals surface area contributed by atoms with Gasteiger partial charge in [-0.05, 0) is 36.8 Å². The summed E-state index contributed by atoms with van der Waals surface area (Å²) in [6, 6.07) is 11.7. The Kier molecular flexibility index (Phi) is 4.47. The van der Waals surface area contributed by atoms with Crippen molar-refractivity contribution in [2.45, 2.75) is 11.3 Å². The Morgan fingerprint density at radius 3 is 2.89 bits per heavy atom. The summed E-state index contributed by atoms with van der Waals surface area (Å²) in [6.45, 7) is 0. The zero-order chi connectivity index (χ0) is 12.8. The lowest BCUT2D eigenvalue weighted by Gasteiger charge is -2.07. The minimum atomic E-state index is 0.793. The third kappa shape index (κ3) is 3.40. The summed E-state index contributed by atoms with van der Waals surface area (Å²) in [5.41, 5.74) is 7.83. The lowest BCUT2D eigenvalue weighted by atomic mass is 10.3. The van der Waals surface area contributed by atoms with Crippen molar-refractivity contribution in [1.29, 1.82) is 0 Å². The lowest BCUT2D eigenvalue weighted by molar-refractivity contribution is 0.414. The van der Waals surface area contributed by atoms with Crippen LogP contribution in [0.15, 0.2) is 47.5 Å². The van der Waals surface area contributed by atoms with Gasteiger partial charge in [0.2, 0.25) is 0 Å². The molecule has 0 aliphatic rings. The standard InChI is InChI=1S/C14H16N2OS/c1-17-12-5-6-13(15)14(10-12)18-9-7-11-4-2-3-8-16-11/h2-6,8,10H,7,9,15H2,1H3. The molecular weight excluding hydrogens is 244 g/mol. The van der Waals surface area contributed by atoms with Gasteiger partial charge in [0.1, 0.15) is 5.75 Å². The highest BCUT2D eigenvalue weighted by molar-refractivity contribution is 7.99. The van der Waals surface area contributed by atoms with Crippen LogP contribution in [-0.4, -0.2) is 17.8 Å². The maximum absolute atomic E-state index is 5.93. The maximum atomic E-state index is 5.93. The molecule has 1 heterocycles. The van der Waals surface area contributed by atoms with Crippen molar-refractivity contribution in [3.8, 4) is 5.75 Å². The van der Waals surface area contributed by atoms with Gasteiger partial charge >= 0.3 is 0 Å². The highest BCUT2D eigenvalue weighted by Gasteiger charge is 2.03. The SMILES string of the molecule is COc1ccc(N)c(SCCc2ccccn2)c1. The largest absolute Gasteiger partial charge is 0.497 e. The van der Waals surface area contributed by atoms with Crippen molar-refractivity contribution in [3.63, 3.8) is 0 Å². The van der Waals surface area contributed by atoms with Crippen LogP contribution >= 0.6 is 11.8 Å². The summed E-state index contributed by atoms with van der Waals surface area (Å²) < 4.78 is 5.19. The fourth-order valence-electron chi connectivity index (χ4n) is 1.58. The minimum Gasteiger partial charge on any atom is -0.497 e. The first-order valence-corrected chi connectivity index (χ1v) is 6.74. The van der Waals surface area contributed by atoms with E-state index in [0.29, 0.717) is 0 Å². The summed E-state index contributed by atoms with van der Waals surface area (Å²) >= 11 is 1.73. The Labute approximate surface area is 111 Å². The molecule has 0 unspecified atom stereocenters. The van der Waals surface area contributed by atoms with E-state index in [1.165, 1.54) is 0 Å². The molecule has 94 valence electrons. The molecule has 4 heteroatoms. The number of aryl methyl sites for hydroxylation is 1. The quantitative estimate of drug-likeness (QED) is 0.663. The molecule has 0 aliphatic carbocycles. The van der Waals surface area contributed by atoms with Crippen LogP contribution in [0.5, 0.6) is 5.75 Å². The van der Waals surface area contributed by atoms with Crippen LogP contribution in [0, 0.1) is 0 Å². The van der Waals surface area contributed by atoms with E-state index in [-0.39, 0.29) is 0 Å². The molecule has 1 aromatic carbocycles. The van der Waals surface area contributed by atoms with Crippen LogP contribution < -0.4 is 10.5 Å². The predicted octanol–water partition coefficient (Wildman–Crippen LogP) is 3.01. The van der Waals surface area contributed by atoms with E-state index in [1.54, 1.807) is 18.9 Å². The third-order valence-electron chi connectivity index (χ3n) is 2.56. The second-order valence-corrected chi connectivity index (χ2v) is 4.96. The van der Waals surface area contributed by atoms with Gasteiger partial charge in [0, 0.05) is 28.2 Å². The molecule has 0 aliphatic heterocycles. The zero-order valence-electron chi connectivity index (χ0n) is 10.3. The number of nitrogen functional groups attached to an aromatic ring is 1. The van der Waals surface area contributed by atoms with Gasteiger partial charge in [-0.15, -0.1) is 11.8 Å². The van der Waals surface area contributed by atoms with Gasteiger partial charge in [0.15, 0.2) is 0 Å². The van der Waals surface area contributed by atoms with Gasteiger partial charge in [0.25, 0.3) is 0 Å². The van der Waals surface area contributed by atoms with Gasteiger partial charge in [-0.25, -0.2) is 0 Å².